The number of rotatable bonds is 2. The van der Waals surface area contributed by atoms with Gasteiger partial charge in [-0.1, -0.05) is 48.8 Å². The second-order valence-electron chi connectivity index (χ2n) is 2.57. The van der Waals surface area contributed by atoms with Gasteiger partial charge < -0.3 is 5.73 Å². The van der Waals surface area contributed by atoms with Crippen molar-refractivity contribution in [3.8, 4) is 0 Å². The van der Waals surface area contributed by atoms with E-state index in [1.165, 1.54) is 5.56 Å². The highest BCUT2D eigenvalue weighted by molar-refractivity contribution is 9.10. The van der Waals surface area contributed by atoms with Gasteiger partial charge in [-0.2, -0.15) is 0 Å². The molecule has 0 aliphatic carbocycles. The fourth-order valence-electron chi connectivity index (χ4n) is 0.946. The first-order valence-electron chi connectivity index (χ1n) is 4.75. The van der Waals surface area contributed by atoms with Gasteiger partial charge in [0, 0.05) is 10.5 Å². The molecule has 0 radical (unpaired) electrons. The van der Waals surface area contributed by atoms with Crippen LogP contribution in [-0.2, 0) is 0 Å². The summed E-state index contributed by atoms with van der Waals surface area (Å²) >= 11 is 3.38. The van der Waals surface area contributed by atoms with Gasteiger partial charge in [0.05, 0.1) is 0 Å². The fraction of sp³-hybridized carbons (Fsp3) is 0.455. The third-order valence-corrected chi connectivity index (χ3v) is 2.27. The van der Waals surface area contributed by atoms with Crippen molar-refractivity contribution in [1.29, 1.82) is 0 Å². The average molecular weight is 244 g/mol. The Labute approximate surface area is 89.5 Å². The molecule has 0 heterocycles. The lowest BCUT2D eigenvalue weighted by Crippen LogP contribution is -2.07. The summed E-state index contributed by atoms with van der Waals surface area (Å²) in [4.78, 5) is 0. The Kier molecular flexibility index (Phi) is 6.92. The normalized spacial score (nSPS) is 11.5. The van der Waals surface area contributed by atoms with Crippen molar-refractivity contribution in [3.63, 3.8) is 0 Å². The molecule has 1 aromatic carbocycles. The maximum Gasteiger partial charge on any atom is 0.0292 e. The molecule has 0 aliphatic rings. The Bertz CT molecular complexity index is 218. The number of hydrogen-bond acceptors (Lipinski definition) is 1. The molecule has 2 N–H and O–H groups in total. The van der Waals surface area contributed by atoms with E-state index in [9.17, 15) is 0 Å². The van der Waals surface area contributed by atoms with Crippen LogP contribution in [-0.4, -0.2) is 0 Å². The monoisotopic (exact) mass is 243 g/mol. The highest BCUT2D eigenvalue weighted by Gasteiger charge is 2.00. The smallest absolute Gasteiger partial charge is 0.0292 e. The van der Waals surface area contributed by atoms with Crippen molar-refractivity contribution in [2.45, 2.75) is 33.2 Å². The van der Waals surface area contributed by atoms with Crippen LogP contribution in [0, 0.1) is 0 Å². The predicted molar refractivity (Wildman–Crippen MR) is 62.7 cm³/mol. The Morgan fingerprint density at radius 3 is 2.08 bits per heavy atom. The Morgan fingerprint density at radius 2 is 1.69 bits per heavy atom. The first-order chi connectivity index (χ1) is 6.24. The van der Waals surface area contributed by atoms with Crippen LogP contribution in [0.2, 0.25) is 0 Å². The van der Waals surface area contributed by atoms with Gasteiger partial charge in [-0.15, -0.1) is 0 Å². The van der Waals surface area contributed by atoms with Gasteiger partial charge >= 0.3 is 0 Å². The van der Waals surface area contributed by atoms with Gasteiger partial charge in [0.2, 0.25) is 0 Å². The van der Waals surface area contributed by atoms with Gasteiger partial charge in [-0.05, 0) is 24.1 Å². The van der Waals surface area contributed by atoms with Crippen molar-refractivity contribution >= 4 is 15.9 Å². The zero-order valence-electron chi connectivity index (χ0n) is 8.55. The van der Waals surface area contributed by atoms with Gasteiger partial charge in [0.1, 0.15) is 0 Å². The van der Waals surface area contributed by atoms with E-state index in [4.69, 9.17) is 5.73 Å². The second-order valence-corrected chi connectivity index (χ2v) is 3.48. The number of nitrogens with two attached hydrogens (primary N) is 1. The first-order valence-corrected chi connectivity index (χ1v) is 5.54. The molecule has 0 aromatic heterocycles. The number of halogens is 1. The molecule has 0 aliphatic heterocycles. The highest BCUT2D eigenvalue weighted by atomic mass is 79.9. The van der Waals surface area contributed by atoms with E-state index in [-0.39, 0.29) is 6.04 Å². The zero-order chi connectivity index (χ0) is 10.3. The van der Waals surface area contributed by atoms with Crippen molar-refractivity contribution in [3.05, 3.63) is 34.3 Å². The summed E-state index contributed by atoms with van der Waals surface area (Å²) in [6, 6.07) is 8.33. The van der Waals surface area contributed by atoms with Crippen LogP contribution in [0.25, 0.3) is 0 Å². The molecule has 2 heteroatoms. The first kappa shape index (κ1) is 12.7. The minimum atomic E-state index is 0.183. The Hall–Kier alpha value is -0.340. The molecule has 0 bridgehead atoms. The van der Waals surface area contributed by atoms with E-state index >= 15 is 0 Å². The van der Waals surface area contributed by atoms with Gasteiger partial charge in [0.25, 0.3) is 0 Å². The number of benzene rings is 1. The van der Waals surface area contributed by atoms with E-state index < -0.39 is 0 Å². The lowest BCUT2D eigenvalue weighted by atomic mass is 10.1. The van der Waals surface area contributed by atoms with Crippen molar-refractivity contribution in [2.24, 2.45) is 5.73 Å². The SMILES string of the molecule is CC.CCC(N)c1ccc(Br)cc1. The van der Waals surface area contributed by atoms with Crippen LogP contribution < -0.4 is 5.73 Å². The summed E-state index contributed by atoms with van der Waals surface area (Å²) in [7, 11) is 0. The minimum absolute atomic E-state index is 0.183. The molecule has 0 amide bonds. The van der Waals surface area contributed by atoms with Gasteiger partial charge in [-0.25, -0.2) is 0 Å². The molecule has 1 unspecified atom stereocenters. The maximum absolute atomic E-state index is 5.83. The van der Waals surface area contributed by atoms with E-state index in [0.29, 0.717) is 0 Å². The molecule has 0 saturated carbocycles. The lowest BCUT2D eigenvalue weighted by Gasteiger charge is -2.07. The largest absolute Gasteiger partial charge is 0.324 e. The molecule has 1 nitrogen and oxygen atoms in total. The van der Waals surface area contributed by atoms with Gasteiger partial charge in [0.15, 0.2) is 0 Å². The summed E-state index contributed by atoms with van der Waals surface area (Å²) in [6.07, 6.45) is 0.988. The molecule has 1 atom stereocenters. The zero-order valence-corrected chi connectivity index (χ0v) is 10.1. The van der Waals surface area contributed by atoms with Gasteiger partial charge in [-0.3, -0.25) is 0 Å². The van der Waals surface area contributed by atoms with Crippen LogP contribution in [0.5, 0.6) is 0 Å². The minimum Gasteiger partial charge on any atom is -0.324 e. The summed E-state index contributed by atoms with van der Waals surface area (Å²) in [6.45, 7) is 6.09. The van der Waals surface area contributed by atoms with Crippen molar-refractivity contribution < 1.29 is 0 Å². The van der Waals surface area contributed by atoms with E-state index in [1.54, 1.807) is 0 Å². The molecular formula is C11H18BrN. The molecule has 0 spiro atoms. The van der Waals surface area contributed by atoms with E-state index in [1.807, 2.05) is 26.0 Å². The third kappa shape index (κ3) is 4.44. The quantitative estimate of drug-likeness (QED) is 0.839. The van der Waals surface area contributed by atoms with Crippen LogP contribution in [0.3, 0.4) is 0 Å². The fourth-order valence-corrected chi connectivity index (χ4v) is 1.21. The number of hydrogen-bond donors (Lipinski definition) is 1. The van der Waals surface area contributed by atoms with Crippen LogP contribution in [0.1, 0.15) is 38.8 Å². The summed E-state index contributed by atoms with van der Waals surface area (Å²) in [5.74, 6) is 0. The lowest BCUT2D eigenvalue weighted by molar-refractivity contribution is 0.698. The standard InChI is InChI=1S/C9H12BrN.C2H6/c1-2-9(11)7-3-5-8(10)6-4-7;1-2/h3-6,9H,2,11H2,1H3;1-2H3. The molecule has 0 fully saturated rings. The molecule has 1 aromatic rings. The topological polar surface area (TPSA) is 26.0 Å². The summed E-state index contributed by atoms with van der Waals surface area (Å²) in [5.41, 5.74) is 7.03. The van der Waals surface area contributed by atoms with E-state index in [2.05, 4.69) is 35.0 Å². The van der Waals surface area contributed by atoms with E-state index in [0.717, 1.165) is 10.9 Å². The third-order valence-electron chi connectivity index (χ3n) is 1.74. The average Bonchev–Trinajstić information content (AvgIpc) is 2.21. The van der Waals surface area contributed by atoms with Crippen molar-refractivity contribution in [1.82, 2.24) is 0 Å². The Balaban J connectivity index is 0.000000671. The molecule has 1 rings (SSSR count). The Morgan fingerprint density at radius 1 is 1.23 bits per heavy atom. The molecule has 0 saturated heterocycles. The summed E-state index contributed by atoms with van der Waals surface area (Å²) < 4.78 is 1.10. The van der Waals surface area contributed by atoms with Crippen LogP contribution in [0.15, 0.2) is 28.7 Å². The molecular weight excluding hydrogens is 226 g/mol. The summed E-state index contributed by atoms with van der Waals surface area (Å²) in [5, 5.41) is 0. The predicted octanol–water partition coefficient (Wildman–Crippen LogP) is 3.89. The molecule has 13 heavy (non-hydrogen) atoms. The highest BCUT2D eigenvalue weighted by Crippen LogP contribution is 2.16. The van der Waals surface area contributed by atoms with Crippen LogP contribution in [0.4, 0.5) is 0 Å². The van der Waals surface area contributed by atoms with Crippen LogP contribution >= 0.6 is 15.9 Å². The maximum atomic E-state index is 5.83. The second kappa shape index (κ2) is 7.10. The van der Waals surface area contributed by atoms with Crippen molar-refractivity contribution in [2.75, 3.05) is 0 Å². The molecule has 74 valence electrons.